The van der Waals surface area contributed by atoms with Crippen molar-refractivity contribution in [1.82, 2.24) is 0 Å². The Balaban J connectivity index is 0.983. The summed E-state index contributed by atoms with van der Waals surface area (Å²) in [6, 6.07) is 49.8. The highest BCUT2D eigenvalue weighted by Gasteiger charge is 2.61. The number of benzene rings is 6. The number of hydrogen-bond donors (Lipinski definition) is 0. The van der Waals surface area contributed by atoms with E-state index in [0.717, 1.165) is 23.7 Å². The van der Waals surface area contributed by atoms with Gasteiger partial charge >= 0.3 is 0 Å². The van der Waals surface area contributed by atoms with E-state index in [1.165, 1.54) is 116 Å². The molecule has 6 aliphatic rings. The first-order chi connectivity index (χ1) is 27.2. The van der Waals surface area contributed by atoms with Crippen LogP contribution in [-0.2, 0) is 16.2 Å². The summed E-state index contributed by atoms with van der Waals surface area (Å²) in [5.41, 5.74) is 16.1. The van der Waals surface area contributed by atoms with Crippen molar-refractivity contribution >= 4 is 48.6 Å². The molecule has 0 atom stereocenters. The van der Waals surface area contributed by atoms with Crippen LogP contribution in [0.1, 0.15) is 94.9 Å². The molecule has 1 aromatic heterocycles. The Morgan fingerprint density at radius 1 is 0.464 bits per heavy atom. The van der Waals surface area contributed by atoms with Crippen LogP contribution in [0.4, 0.5) is 17.1 Å². The van der Waals surface area contributed by atoms with Crippen molar-refractivity contribution in [2.24, 2.45) is 23.7 Å². The van der Waals surface area contributed by atoms with Crippen LogP contribution in [0.15, 0.2) is 127 Å². The Hall–Kier alpha value is -4.66. The van der Waals surface area contributed by atoms with E-state index >= 15 is 0 Å². The fourth-order valence-corrected chi connectivity index (χ4v) is 14.2. The van der Waals surface area contributed by atoms with E-state index in [1.807, 2.05) is 11.3 Å². The van der Waals surface area contributed by atoms with Crippen molar-refractivity contribution in [3.8, 4) is 22.3 Å². The van der Waals surface area contributed by atoms with E-state index < -0.39 is 0 Å². The Morgan fingerprint density at radius 3 is 1.86 bits per heavy atom. The van der Waals surface area contributed by atoms with Gasteiger partial charge in [0.15, 0.2) is 0 Å². The topological polar surface area (TPSA) is 3.24 Å². The van der Waals surface area contributed by atoms with Gasteiger partial charge in [0, 0.05) is 42.6 Å². The molecule has 2 heteroatoms. The average Bonchev–Trinajstić information content (AvgIpc) is 3.72. The molecule has 1 spiro atoms. The number of nitrogens with zero attached hydrogens (tertiary/aromatic N) is 1. The molecule has 13 rings (SSSR count). The fourth-order valence-electron chi connectivity index (χ4n) is 13.2. The van der Waals surface area contributed by atoms with Crippen molar-refractivity contribution in [2.75, 3.05) is 4.90 Å². The van der Waals surface area contributed by atoms with Crippen molar-refractivity contribution in [3.63, 3.8) is 0 Å². The fraction of sp³-hybridized carbons (Fsp3) is 0.333. The molecular formula is C54H51NS. The number of rotatable bonds is 4. The molecule has 4 fully saturated rings. The Labute approximate surface area is 336 Å². The summed E-state index contributed by atoms with van der Waals surface area (Å²) >= 11 is 1.89. The predicted molar refractivity (Wildman–Crippen MR) is 238 cm³/mol. The van der Waals surface area contributed by atoms with Crippen LogP contribution in [0.2, 0.25) is 0 Å². The van der Waals surface area contributed by atoms with Gasteiger partial charge in [0.05, 0.1) is 0 Å². The molecule has 1 heterocycles. The van der Waals surface area contributed by atoms with Crippen molar-refractivity contribution in [3.05, 3.63) is 150 Å². The van der Waals surface area contributed by atoms with E-state index in [-0.39, 0.29) is 16.2 Å². The van der Waals surface area contributed by atoms with Crippen molar-refractivity contribution < 1.29 is 0 Å². The van der Waals surface area contributed by atoms with Crippen LogP contribution >= 0.6 is 11.3 Å². The minimum Gasteiger partial charge on any atom is -0.310 e. The molecule has 6 aromatic carbocycles. The van der Waals surface area contributed by atoms with E-state index in [1.54, 1.807) is 11.1 Å². The summed E-state index contributed by atoms with van der Waals surface area (Å²) in [7, 11) is 0. The maximum Gasteiger partial charge on any atom is 0.0468 e. The standard InChI is InChI=1S/C54H51NS/c1-52(2)23-24-53(3,4)49-32-41(18-21-47(49)52)55(40-19-22-51-45(31-40)44-10-6-8-12-50(44)56-51)39-16-13-35(14-17-39)36-15-20-43-42-9-5-7-11-46(42)54(48(43)30-36)37-26-33-25-34(28-37)29-38(54)27-33/h5-22,30-34,37-38H,23-29H2,1-4H3. The summed E-state index contributed by atoms with van der Waals surface area (Å²) in [5, 5.41) is 2.68. The van der Waals surface area contributed by atoms with E-state index in [0.29, 0.717) is 0 Å². The zero-order valence-corrected chi connectivity index (χ0v) is 34.1. The van der Waals surface area contributed by atoms with Crippen molar-refractivity contribution in [2.45, 2.75) is 88.9 Å². The maximum atomic E-state index is 2.63. The van der Waals surface area contributed by atoms with Gasteiger partial charge in [0.2, 0.25) is 0 Å². The van der Waals surface area contributed by atoms with E-state index in [4.69, 9.17) is 0 Å². The van der Waals surface area contributed by atoms with Gasteiger partial charge in [-0.2, -0.15) is 0 Å². The minimum atomic E-state index is 0.131. The van der Waals surface area contributed by atoms with Gasteiger partial charge in [-0.15, -0.1) is 11.3 Å². The van der Waals surface area contributed by atoms with Gasteiger partial charge in [-0.25, -0.2) is 0 Å². The number of anilines is 3. The molecular weight excluding hydrogens is 695 g/mol. The Morgan fingerprint density at radius 2 is 1.07 bits per heavy atom. The third-order valence-electron chi connectivity index (χ3n) is 15.7. The highest BCUT2D eigenvalue weighted by atomic mass is 32.1. The summed E-state index contributed by atoms with van der Waals surface area (Å²) in [5.74, 6) is 3.45. The summed E-state index contributed by atoms with van der Waals surface area (Å²) in [6.07, 6.45) is 9.57. The zero-order valence-electron chi connectivity index (χ0n) is 33.2. The minimum absolute atomic E-state index is 0.131. The lowest BCUT2D eigenvalue weighted by Gasteiger charge is -2.61. The third kappa shape index (κ3) is 4.66. The molecule has 1 nitrogen and oxygen atoms in total. The van der Waals surface area contributed by atoms with Gasteiger partial charge < -0.3 is 4.90 Å². The number of fused-ring (bicyclic) bond motifs is 7. The van der Waals surface area contributed by atoms with Gasteiger partial charge in [-0.1, -0.05) is 100 Å². The molecule has 0 radical (unpaired) electrons. The first kappa shape index (κ1) is 33.5. The molecule has 0 unspecified atom stereocenters. The Kier molecular flexibility index (Phi) is 6.99. The lowest BCUT2D eigenvalue weighted by molar-refractivity contribution is -0.0399. The van der Waals surface area contributed by atoms with E-state index in [2.05, 4.69) is 160 Å². The van der Waals surface area contributed by atoms with Crippen LogP contribution in [0.3, 0.4) is 0 Å². The molecule has 4 saturated carbocycles. The molecule has 278 valence electrons. The maximum absolute atomic E-state index is 2.63. The van der Waals surface area contributed by atoms with Gasteiger partial charge in [-0.05, 0) is 179 Å². The second kappa shape index (κ2) is 11.7. The van der Waals surface area contributed by atoms with Crippen LogP contribution in [0.25, 0.3) is 42.4 Å². The lowest BCUT2D eigenvalue weighted by atomic mass is 9.43. The smallest absolute Gasteiger partial charge is 0.0468 e. The second-order valence-corrected chi connectivity index (χ2v) is 20.7. The van der Waals surface area contributed by atoms with Gasteiger partial charge in [-0.3, -0.25) is 0 Å². The average molecular weight is 746 g/mol. The molecule has 56 heavy (non-hydrogen) atoms. The summed E-state index contributed by atoms with van der Waals surface area (Å²) < 4.78 is 2.69. The largest absolute Gasteiger partial charge is 0.310 e. The SMILES string of the molecule is CC1(C)CCC(C)(C)c2cc(N(c3ccc(-c4ccc5c(c4)C4(c6ccccc6-5)C5CC6CC(C5)CC4C6)cc3)c3ccc4sc5ccccc5c4c3)ccc21. The quantitative estimate of drug-likeness (QED) is 0.173. The van der Waals surface area contributed by atoms with E-state index in [9.17, 15) is 0 Å². The highest BCUT2D eigenvalue weighted by molar-refractivity contribution is 7.25. The first-order valence-corrected chi connectivity index (χ1v) is 22.2. The molecule has 7 aromatic rings. The Bertz CT molecular complexity index is 2700. The lowest BCUT2D eigenvalue weighted by Crippen LogP contribution is -2.55. The third-order valence-corrected chi connectivity index (χ3v) is 16.9. The first-order valence-electron chi connectivity index (χ1n) is 21.4. The van der Waals surface area contributed by atoms with Gasteiger partial charge in [0.25, 0.3) is 0 Å². The molecule has 4 bridgehead atoms. The molecule has 0 amide bonds. The summed E-state index contributed by atoms with van der Waals surface area (Å²) in [6.45, 7) is 9.73. The summed E-state index contributed by atoms with van der Waals surface area (Å²) in [4.78, 5) is 2.51. The molecule has 6 aliphatic carbocycles. The molecule has 0 saturated heterocycles. The monoisotopic (exact) mass is 745 g/mol. The van der Waals surface area contributed by atoms with Crippen LogP contribution < -0.4 is 4.90 Å². The highest BCUT2D eigenvalue weighted by Crippen LogP contribution is 2.69. The number of thiophene rings is 1. The van der Waals surface area contributed by atoms with Gasteiger partial charge in [0.1, 0.15) is 0 Å². The van der Waals surface area contributed by atoms with Crippen LogP contribution in [-0.4, -0.2) is 0 Å². The molecule has 0 N–H and O–H groups in total. The number of hydrogen-bond acceptors (Lipinski definition) is 2. The van der Waals surface area contributed by atoms with Crippen LogP contribution in [0.5, 0.6) is 0 Å². The molecule has 0 aliphatic heterocycles. The van der Waals surface area contributed by atoms with Crippen molar-refractivity contribution in [1.29, 1.82) is 0 Å². The zero-order chi connectivity index (χ0) is 37.6. The normalized spacial score (nSPS) is 26.1. The predicted octanol–water partition coefficient (Wildman–Crippen LogP) is 15.3. The second-order valence-electron chi connectivity index (χ2n) is 19.6. The van der Waals surface area contributed by atoms with Crippen LogP contribution in [0, 0.1) is 23.7 Å².